The van der Waals surface area contributed by atoms with Gasteiger partial charge in [0.15, 0.2) is 5.82 Å². The van der Waals surface area contributed by atoms with Gasteiger partial charge in [-0.1, -0.05) is 28.1 Å². The van der Waals surface area contributed by atoms with Crippen LogP contribution in [0.4, 0.5) is 5.82 Å². The number of hydrogen-bond donors (Lipinski definition) is 1. The predicted molar refractivity (Wildman–Crippen MR) is 80.7 cm³/mol. The molecule has 0 fully saturated rings. The maximum Gasteiger partial charge on any atom is 0.305 e. The molecular weight excluding hydrogens is 322 g/mol. The molecule has 1 aromatic heterocycles. The molecule has 1 N–H and O–H groups in total. The van der Waals surface area contributed by atoms with Crippen LogP contribution in [0.1, 0.15) is 6.42 Å². The molecule has 1 heterocycles. The van der Waals surface area contributed by atoms with E-state index in [0.717, 1.165) is 10.0 Å². The number of carboxylic acids is 1. The molecule has 0 saturated carbocycles. The van der Waals surface area contributed by atoms with Crippen molar-refractivity contribution in [2.24, 2.45) is 0 Å². The second kappa shape index (κ2) is 6.47. The molecule has 0 bridgehead atoms. The third kappa shape index (κ3) is 3.77. The monoisotopic (exact) mass is 335 g/mol. The minimum atomic E-state index is -0.820. The van der Waals surface area contributed by atoms with Crippen molar-refractivity contribution in [3.05, 3.63) is 41.0 Å². The lowest BCUT2D eigenvalue weighted by atomic mass is 10.2. The highest BCUT2D eigenvalue weighted by Gasteiger charge is 2.08. The first-order valence-electron chi connectivity index (χ1n) is 6.08. The fourth-order valence-electron chi connectivity index (χ4n) is 1.68. The van der Waals surface area contributed by atoms with Gasteiger partial charge in [-0.2, -0.15) is 0 Å². The summed E-state index contributed by atoms with van der Waals surface area (Å²) in [6.07, 6.45) is 1.76. The molecule has 20 heavy (non-hydrogen) atoms. The van der Waals surface area contributed by atoms with Crippen molar-refractivity contribution in [2.75, 3.05) is 18.5 Å². The van der Waals surface area contributed by atoms with Gasteiger partial charge in [0.25, 0.3) is 0 Å². The number of carbonyl (C=O) groups is 1. The van der Waals surface area contributed by atoms with E-state index in [1.54, 1.807) is 17.2 Å². The van der Waals surface area contributed by atoms with Crippen LogP contribution >= 0.6 is 15.9 Å². The van der Waals surface area contributed by atoms with Crippen LogP contribution in [0.2, 0.25) is 0 Å². The lowest BCUT2D eigenvalue weighted by Crippen LogP contribution is -2.22. The maximum atomic E-state index is 10.6. The fraction of sp³-hybridized carbons (Fsp3) is 0.214. The van der Waals surface area contributed by atoms with Crippen molar-refractivity contribution in [1.29, 1.82) is 0 Å². The number of rotatable bonds is 5. The average molecular weight is 336 g/mol. The van der Waals surface area contributed by atoms with Gasteiger partial charge in [-0.05, 0) is 18.2 Å². The average Bonchev–Trinajstić information content (AvgIpc) is 2.45. The van der Waals surface area contributed by atoms with Crippen LogP contribution in [-0.2, 0) is 4.79 Å². The van der Waals surface area contributed by atoms with Crippen molar-refractivity contribution in [1.82, 2.24) is 9.97 Å². The molecule has 0 aliphatic carbocycles. The quantitative estimate of drug-likeness (QED) is 0.909. The summed E-state index contributed by atoms with van der Waals surface area (Å²) in [5, 5.41) is 8.70. The molecule has 0 unspecified atom stereocenters. The molecule has 104 valence electrons. The molecule has 5 nitrogen and oxygen atoms in total. The Morgan fingerprint density at radius 3 is 2.65 bits per heavy atom. The summed E-state index contributed by atoms with van der Waals surface area (Å²) in [4.78, 5) is 21.1. The normalized spacial score (nSPS) is 10.3. The zero-order valence-electron chi connectivity index (χ0n) is 11.0. The van der Waals surface area contributed by atoms with E-state index in [9.17, 15) is 4.79 Å². The van der Waals surface area contributed by atoms with E-state index < -0.39 is 5.97 Å². The van der Waals surface area contributed by atoms with E-state index in [1.807, 2.05) is 31.3 Å². The maximum absolute atomic E-state index is 10.6. The molecule has 2 aromatic rings. The van der Waals surface area contributed by atoms with E-state index in [1.165, 1.54) is 0 Å². The van der Waals surface area contributed by atoms with Gasteiger partial charge in [0.1, 0.15) is 5.82 Å². The van der Waals surface area contributed by atoms with Crippen LogP contribution in [0.25, 0.3) is 11.4 Å². The van der Waals surface area contributed by atoms with E-state index in [4.69, 9.17) is 5.11 Å². The highest BCUT2D eigenvalue weighted by Crippen LogP contribution is 2.20. The molecule has 0 aliphatic heterocycles. The van der Waals surface area contributed by atoms with Crippen LogP contribution in [0.3, 0.4) is 0 Å². The highest BCUT2D eigenvalue weighted by molar-refractivity contribution is 9.10. The van der Waals surface area contributed by atoms with Crippen molar-refractivity contribution in [3.63, 3.8) is 0 Å². The van der Waals surface area contributed by atoms with E-state index in [0.29, 0.717) is 18.2 Å². The Kier molecular flexibility index (Phi) is 4.68. The Hall–Kier alpha value is -1.95. The molecule has 1 aromatic carbocycles. The third-order valence-electron chi connectivity index (χ3n) is 2.80. The zero-order valence-corrected chi connectivity index (χ0v) is 12.5. The number of hydrogen-bond acceptors (Lipinski definition) is 4. The van der Waals surface area contributed by atoms with E-state index in [-0.39, 0.29) is 6.42 Å². The van der Waals surface area contributed by atoms with Gasteiger partial charge < -0.3 is 10.0 Å². The summed E-state index contributed by atoms with van der Waals surface area (Å²) in [6.45, 7) is 0.409. The number of anilines is 1. The molecule has 0 amide bonds. The van der Waals surface area contributed by atoms with Crippen molar-refractivity contribution < 1.29 is 9.90 Å². The molecule has 0 atom stereocenters. The Bertz CT molecular complexity index is 602. The zero-order chi connectivity index (χ0) is 14.5. The summed E-state index contributed by atoms with van der Waals surface area (Å²) in [7, 11) is 1.82. The van der Waals surface area contributed by atoms with Crippen molar-refractivity contribution >= 4 is 27.7 Å². The molecule has 0 aliphatic rings. The minimum Gasteiger partial charge on any atom is -0.481 e. The van der Waals surface area contributed by atoms with Crippen LogP contribution in [0.15, 0.2) is 41.0 Å². The van der Waals surface area contributed by atoms with Gasteiger partial charge in [0.05, 0.1) is 6.42 Å². The lowest BCUT2D eigenvalue weighted by Gasteiger charge is -2.17. The van der Waals surface area contributed by atoms with Gasteiger partial charge in [-0.3, -0.25) is 4.79 Å². The predicted octanol–water partition coefficient (Wildman–Crippen LogP) is 2.82. The highest BCUT2D eigenvalue weighted by atomic mass is 79.9. The second-order valence-corrected chi connectivity index (χ2v) is 5.23. The minimum absolute atomic E-state index is 0.0775. The molecule has 6 heteroatoms. The van der Waals surface area contributed by atoms with Crippen molar-refractivity contribution in [3.8, 4) is 11.4 Å². The third-order valence-corrected chi connectivity index (χ3v) is 3.32. The van der Waals surface area contributed by atoms with Gasteiger partial charge in [-0.25, -0.2) is 9.97 Å². The standard InChI is InChI=1S/C14H14BrN3O2/c1-18(9-7-13(19)20)12-6-8-16-14(17-12)10-2-4-11(15)5-3-10/h2-6,8H,7,9H2,1H3,(H,19,20). The molecular formula is C14H14BrN3O2. The first-order valence-corrected chi connectivity index (χ1v) is 6.87. The van der Waals surface area contributed by atoms with Crippen LogP contribution < -0.4 is 4.90 Å². The SMILES string of the molecule is CN(CCC(=O)O)c1ccnc(-c2ccc(Br)cc2)n1. The van der Waals surface area contributed by atoms with E-state index in [2.05, 4.69) is 25.9 Å². The Balaban J connectivity index is 2.19. The number of nitrogens with zero attached hydrogens (tertiary/aromatic N) is 3. The fourth-order valence-corrected chi connectivity index (χ4v) is 1.94. The van der Waals surface area contributed by atoms with E-state index >= 15 is 0 Å². The second-order valence-electron chi connectivity index (χ2n) is 4.31. The molecule has 0 spiro atoms. The van der Waals surface area contributed by atoms with Gasteiger partial charge in [-0.15, -0.1) is 0 Å². The molecule has 0 radical (unpaired) electrons. The summed E-state index contributed by atoms with van der Waals surface area (Å²) in [6, 6.07) is 9.49. The summed E-state index contributed by atoms with van der Waals surface area (Å²) < 4.78 is 0.996. The van der Waals surface area contributed by atoms with Gasteiger partial charge in [0, 0.05) is 29.8 Å². The summed E-state index contributed by atoms with van der Waals surface area (Å²) in [5.41, 5.74) is 0.918. The van der Waals surface area contributed by atoms with Gasteiger partial charge in [0.2, 0.25) is 0 Å². The van der Waals surface area contributed by atoms with Crippen molar-refractivity contribution in [2.45, 2.75) is 6.42 Å². The van der Waals surface area contributed by atoms with Crippen LogP contribution in [-0.4, -0.2) is 34.6 Å². The molecule has 0 saturated heterocycles. The Morgan fingerprint density at radius 1 is 1.30 bits per heavy atom. The first kappa shape index (κ1) is 14.5. The number of carboxylic acid groups (broad SMARTS) is 1. The van der Waals surface area contributed by atoms with Crippen LogP contribution in [0, 0.1) is 0 Å². The smallest absolute Gasteiger partial charge is 0.305 e. The van der Waals surface area contributed by atoms with Crippen LogP contribution in [0.5, 0.6) is 0 Å². The first-order chi connectivity index (χ1) is 9.56. The lowest BCUT2D eigenvalue weighted by molar-refractivity contribution is -0.136. The topological polar surface area (TPSA) is 66.3 Å². The largest absolute Gasteiger partial charge is 0.481 e. The summed E-state index contributed by atoms with van der Waals surface area (Å²) >= 11 is 3.39. The Labute approximate surface area is 125 Å². The number of aromatic nitrogens is 2. The molecule has 2 rings (SSSR count). The summed E-state index contributed by atoms with van der Waals surface area (Å²) in [5.74, 6) is 0.510. The van der Waals surface area contributed by atoms with Gasteiger partial charge >= 0.3 is 5.97 Å². The number of aliphatic carboxylic acids is 1. The Morgan fingerprint density at radius 2 is 2.00 bits per heavy atom. The number of benzene rings is 1. The number of halogens is 1.